The summed E-state index contributed by atoms with van der Waals surface area (Å²) < 4.78 is 29.4. The summed E-state index contributed by atoms with van der Waals surface area (Å²) in [5.41, 5.74) is 0. The van der Waals surface area contributed by atoms with Gasteiger partial charge in [0.05, 0.1) is 5.75 Å². The summed E-state index contributed by atoms with van der Waals surface area (Å²) in [7, 11) is -3.96. The quantitative estimate of drug-likeness (QED) is 0.479. The maximum absolute atomic E-state index is 10.4. The zero-order chi connectivity index (χ0) is 11.3. The molecule has 1 fully saturated rings. The van der Waals surface area contributed by atoms with Gasteiger partial charge in [-0.05, 0) is 12.8 Å². The highest BCUT2D eigenvalue weighted by molar-refractivity contribution is 7.85. The monoisotopic (exact) mass is 237 g/mol. The van der Waals surface area contributed by atoms with E-state index in [2.05, 4.69) is 5.32 Å². The van der Waals surface area contributed by atoms with Gasteiger partial charge in [0.15, 0.2) is 0 Å². The first-order valence-corrected chi connectivity index (χ1v) is 6.97. The van der Waals surface area contributed by atoms with E-state index < -0.39 is 22.1 Å². The van der Waals surface area contributed by atoms with E-state index in [1.807, 2.05) is 0 Å². The van der Waals surface area contributed by atoms with Gasteiger partial charge < -0.3 is 5.11 Å². The Labute approximate surface area is 90.6 Å². The van der Waals surface area contributed by atoms with Crippen LogP contribution in [0.3, 0.4) is 0 Å². The molecular weight excluding hydrogens is 218 g/mol. The van der Waals surface area contributed by atoms with Crippen molar-refractivity contribution < 1.29 is 18.1 Å². The molecule has 0 bridgehead atoms. The van der Waals surface area contributed by atoms with Crippen LogP contribution in [0, 0.1) is 0 Å². The first-order valence-electron chi connectivity index (χ1n) is 5.36. The van der Waals surface area contributed by atoms with E-state index in [4.69, 9.17) is 4.55 Å². The molecule has 6 heteroatoms. The molecule has 1 aliphatic carbocycles. The van der Waals surface area contributed by atoms with Crippen LogP contribution in [-0.2, 0) is 10.1 Å². The van der Waals surface area contributed by atoms with Crippen molar-refractivity contribution in [3.63, 3.8) is 0 Å². The fraction of sp³-hybridized carbons (Fsp3) is 1.00. The van der Waals surface area contributed by atoms with Crippen molar-refractivity contribution in [3.8, 4) is 0 Å². The molecule has 0 aromatic heterocycles. The average Bonchev–Trinajstić information content (AvgIpc) is 2.15. The van der Waals surface area contributed by atoms with Crippen LogP contribution in [0.4, 0.5) is 0 Å². The van der Waals surface area contributed by atoms with Gasteiger partial charge >= 0.3 is 0 Å². The van der Waals surface area contributed by atoms with Crippen molar-refractivity contribution >= 4 is 10.1 Å². The van der Waals surface area contributed by atoms with E-state index in [0.717, 1.165) is 25.7 Å². The molecule has 1 unspecified atom stereocenters. The lowest BCUT2D eigenvalue weighted by molar-refractivity contribution is 0.109. The molecular formula is C9H19NO4S. The number of hydrogen-bond acceptors (Lipinski definition) is 4. The normalized spacial score (nSPS) is 21.5. The smallest absolute Gasteiger partial charge is 0.265 e. The number of hydrogen-bond donors (Lipinski definition) is 3. The third-order valence-corrected chi connectivity index (χ3v) is 3.43. The topological polar surface area (TPSA) is 86.6 Å². The van der Waals surface area contributed by atoms with Gasteiger partial charge in [0.25, 0.3) is 10.1 Å². The van der Waals surface area contributed by atoms with Crippen LogP contribution in [0.1, 0.15) is 38.5 Å². The number of rotatable bonds is 5. The summed E-state index contributed by atoms with van der Waals surface area (Å²) in [5.74, 6) is -0.395. The zero-order valence-electron chi connectivity index (χ0n) is 8.72. The van der Waals surface area contributed by atoms with E-state index in [-0.39, 0.29) is 12.5 Å². The van der Waals surface area contributed by atoms with Gasteiger partial charge in [-0.3, -0.25) is 9.87 Å². The Bertz CT molecular complexity index is 272. The first-order chi connectivity index (χ1) is 6.97. The van der Waals surface area contributed by atoms with E-state index >= 15 is 0 Å². The van der Waals surface area contributed by atoms with E-state index in [0.29, 0.717) is 0 Å². The minimum atomic E-state index is -3.96. The summed E-state index contributed by atoms with van der Waals surface area (Å²) in [6, 6.07) is 0.287. The largest absolute Gasteiger partial charge is 0.379 e. The van der Waals surface area contributed by atoms with Crippen LogP contribution >= 0.6 is 0 Å². The molecule has 0 aromatic rings. The molecule has 90 valence electrons. The predicted molar refractivity (Wildman–Crippen MR) is 57.0 cm³/mol. The predicted octanol–water partition coefficient (Wildman–Crippen LogP) is 0.505. The molecule has 5 nitrogen and oxygen atoms in total. The number of aliphatic hydroxyl groups excluding tert-OH is 1. The summed E-state index contributed by atoms with van der Waals surface area (Å²) in [5, 5.41) is 12.4. The summed E-state index contributed by atoms with van der Waals surface area (Å²) in [4.78, 5) is 0. The van der Waals surface area contributed by atoms with Gasteiger partial charge in [0.2, 0.25) is 0 Å². The standard InChI is InChI=1S/C9H19NO4S/c11-9(6-7-15(12,13)14)10-8-4-2-1-3-5-8/h8-11H,1-7H2,(H,12,13,14). The second-order valence-electron chi connectivity index (χ2n) is 4.09. The fourth-order valence-corrected chi connectivity index (χ4v) is 2.41. The highest BCUT2D eigenvalue weighted by Gasteiger charge is 2.17. The van der Waals surface area contributed by atoms with E-state index in [9.17, 15) is 13.5 Å². The summed E-state index contributed by atoms with van der Waals surface area (Å²) in [6.45, 7) is 0. The van der Waals surface area contributed by atoms with Crippen LogP contribution in [0.25, 0.3) is 0 Å². The van der Waals surface area contributed by atoms with Crippen molar-refractivity contribution in [3.05, 3.63) is 0 Å². The van der Waals surface area contributed by atoms with Crippen LogP contribution in [0.2, 0.25) is 0 Å². The van der Waals surface area contributed by atoms with Gasteiger partial charge in [0, 0.05) is 12.5 Å². The molecule has 3 N–H and O–H groups in total. The van der Waals surface area contributed by atoms with Gasteiger partial charge in [-0.15, -0.1) is 0 Å². The summed E-state index contributed by atoms with van der Waals surface area (Å²) >= 11 is 0. The lowest BCUT2D eigenvalue weighted by Crippen LogP contribution is -2.40. The number of nitrogens with one attached hydrogen (secondary N) is 1. The first kappa shape index (κ1) is 12.9. The van der Waals surface area contributed by atoms with Crippen LogP contribution in [0.15, 0.2) is 0 Å². The van der Waals surface area contributed by atoms with Crippen molar-refractivity contribution in [1.82, 2.24) is 5.32 Å². The molecule has 1 aliphatic rings. The molecule has 1 saturated carbocycles. The lowest BCUT2D eigenvalue weighted by Gasteiger charge is -2.25. The number of aliphatic hydroxyl groups is 1. The molecule has 15 heavy (non-hydrogen) atoms. The lowest BCUT2D eigenvalue weighted by atomic mass is 9.95. The van der Waals surface area contributed by atoms with Gasteiger partial charge in [-0.25, -0.2) is 0 Å². The third kappa shape index (κ3) is 6.09. The zero-order valence-corrected chi connectivity index (χ0v) is 9.54. The summed E-state index contributed by atoms with van der Waals surface area (Å²) in [6.07, 6.45) is 4.81. The van der Waals surface area contributed by atoms with Gasteiger partial charge in [-0.2, -0.15) is 8.42 Å². The molecule has 0 heterocycles. The second-order valence-corrected chi connectivity index (χ2v) is 5.66. The highest BCUT2D eigenvalue weighted by atomic mass is 32.2. The molecule has 0 aromatic carbocycles. The van der Waals surface area contributed by atoms with Gasteiger partial charge in [-0.1, -0.05) is 19.3 Å². The average molecular weight is 237 g/mol. The minimum Gasteiger partial charge on any atom is -0.379 e. The minimum absolute atomic E-state index is 0.0370. The van der Waals surface area contributed by atoms with Crippen molar-refractivity contribution in [1.29, 1.82) is 0 Å². The van der Waals surface area contributed by atoms with E-state index in [1.54, 1.807) is 0 Å². The van der Waals surface area contributed by atoms with Crippen LogP contribution in [-0.4, -0.2) is 36.1 Å². The maximum atomic E-state index is 10.4. The second kappa shape index (κ2) is 5.79. The molecule has 1 atom stereocenters. The Morgan fingerprint density at radius 2 is 1.87 bits per heavy atom. The molecule has 0 radical (unpaired) electrons. The highest BCUT2D eigenvalue weighted by Crippen LogP contribution is 2.17. The maximum Gasteiger partial charge on any atom is 0.265 e. The van der Waals surface area contributed by atoms with Crippen LogP contribution in [0.5, 0.6) is 0 Å². The molecule has 0 saturated heterocycles. The van der Waals surface area contributed by atoms with Crippen LogP contribution < -0.4 is 5.32 Å². The molecule has 0 amide bonds. The molecule has 0 spiro atoms. The van der Waals surface area contributed by atoms with Crippen molar-refractivity contribution in [2.45, 2.75) is 50.8 Å². The molecule has 1 rings (SSSR count). The Hall–Kier alpha value is -0.170. The Kier molecular flexibility index (Phi) is 4.98. The Balaban J connectivity index is 2.20. The third-order valence-electron chi connectivity index (χ3n) is 2.68. The Morgan fingerprint density at radius 1 is 1.27 bits per heavy atom. The van der Waals surface area contributed by atoms with Gasteiger partial charge in [0.1, 0.15) is 6.23 Å². The fourth-order valence-electron chi connectivity index (χ4n) is 1.89. The van der Waals surface area contributed by atoms with Crippen molar-refractivity contribution in [2.24, 2.45) is 0 Å². The SMILES string of the molecule is O=S(=O)(O)CCC(O)NC1CCCCC1. The Morgan fingerprint density at radius 3 is 2.40 bits per heavy atom. The molecule has 0 aliphatic heterocycles. The van der Waals surface area contributed by atoms with Crippen molar-refractivity contribution in [2.75, 3.05) is 5.75 Å². The van der Waals surface area contributed by atoms with E-state index in [1.165, 1.54) is 6.42 Å².